The minimum absolute atomic E-state index is 0.00545. The van der Waals surface area contributed by atoms with Crippen LogP contribution in [0.25, 0.3) is 0 Å². The molecule has 1 saturated carbocycles. The summed E-state index contributed by atoms with van der Waals surface area (Å²) in [4.78, 5) is 0.176. The van der Waals surface area contributed by atoms with Gasteiger partial charge in [-0.1, -0.05) is 31.9 Å². The van der Waals surface area contributed by atoms with Crippen molar-refractivity contribution in [2.45, 2.75) is 85.2 Å². The summed E-state index contributed by atoms with van der Waals surface area (Å²) in [5.74, 6) is 0.296. The highest BCUT2D eigenvalue weighted by Gasteiger charge is 2.54. The zero-order chi connectivity index (χ0) is 15.3. The minimum Gasteiger partial charge on any atom is -0.390 e. The third-order valence-corrected chi connectivity index (χ3v) is 8.61. The number of alkyl halides is 3. The van der Waals surface area contributed by atoms with Gasteiger partial charge in [-0.25, -0.2) is 0 Å². The first-order valence-electron chi connectivity index (χ1n) is 7.34. The normalized spacial score (nSPS) is 52.8. The topological polar surface area (TPSA) is 29.5 Å². The molecule has 1 saturated heterocycles. The Labute approximate surface area is 144 Å². The zero-order valence-corrected chi connectivity index (χ0v) is 16.6. The fourth-order valence-electron chi connectivity index (χ4n) is 3.52. The van der Waals surface area contributed by atoms with E-state index in [1.165, 1.54) is 0 Å². The van der Waals surface area contributed by atoms with Gasteiger partial charge < -0.3 is 9.84 Å². The van der Waals surface area contributed by atoms with E-state index >= 15 is 0 Å². The molecule has 2 nitrogen and oxygen atoms in total. The summed E-state index contributed by atoms with van der Waals surface area (Å²) >= 11 is 13.9. The van der Waals surface area contributed by atoms with Gasteiger partial charge in [0.15, 0.2) is 0 Å². The Bertz CT molecular complexity index is 375. The predicted molar refractivity (Wildman–Crippen MR) is 91.2 cm³/mol. The monoisotopic (exact) mass is 430 g/mol. The number of ether oxygens (including phenoxy) is 1. The van der Waals surface area contributed by atoms with Crippen LogP contribution in [-0.2, 0) is 4.74 Å². The molecular weight excluding hydrogens is 407 g/mol. The van der Waals surface area contributed by atoms with E-state index in [1.807, 2.05) is 0 Å². The van der Waals surface area contributed by atoms with Crippen LogP contribution < -0.4 is 0 Å². The molecule has 0 aromatic carbocycles. The second-order valence-electron chi connectivity index (χ2n) is 7.33. The van der Waals surface area contributed by atoms with Crippen LogP contribution in [0.5, 0.6) is 0 Å². The van der Waals surface area contributed by atoms with Crippen LogP contribution >= 0.6 is 43.5 Å². The molecule has 118 valence electrons. The quantitative estimate of drug-likeness (QED) is 0.612. The number of aliphatic hydroxyl groups is 1. The van der Waals surface area contributed by atoms with Crippen LogP contribution in [0.2, 0.25) is 0 Å². The Morgan fingerprint density at radius 1 is 1.20 bits per heavy atom. The Kier molecular flexibility index (Phi) is 4.96. The van der Waals surface area contributed by atoms with Gasteiger partial charge in [0.1, 0.15) is 0 Å². The highest BCUT2D eigenvalue weighted by atomic mass is 79.9. The third-order valence-electron chi connectivity index (χ3n) is 5.27. The summed E-state index contributed by atoms with van der Waals surface area (Å²) in [7, 11) is 0. The lowest BCUT2D eigenvalue weighted by molar-refractivity contribution is -0.238. The van der Waals surface area contributed by atoms with Crippen molar-refractivity contribution in [2.24, 2.45) is 5.92 Å². The van der Waals surface area contributed by atoms with Crippen LogP contribution in [0.15, 0.2) is 0 Å². The number of hydrogen-bond acceptors (Lipinski definition) is 2. The highest BCUT2D eigenvalue weighted by molar-refractivity contribution is 9.10. The van der Waals surface area contributed by atoms with Gasteiger partial charge in [0, 0.05) is 14.5 Å². The van der Waals surface area contributed by atoms with E-state index in [2.05, 4.69) is 59.6 Å². The minimum atomic E-state index is -0.510. The second kappa shape index (κ2) is 5.67. The molecule has 5 heteroatoms. The highest BCUT2D eigenvalue weighted by Crippen LogP contribution is 2.50. The molecule has 0 radical (unpaired) electrons. The molecule has 2 aliphatic rings. The molecule has 0 bridgehead atoms. The first-order valence-corrected chi connectivity index (χ1v) is 9.49. The molecule has 0 aromatic rings. The summed E-state index contributed by atoms with van der Waals surface area (Å²) in [6, 6.07) is 0. The number of hydrogen-bond donors (Lipinski definition) is 1. The molecular formula is C15H25Br2ClO2. The average molecular weight is 433 g/mol. The summed E-state index contributed by atoms with van der Waals surface area (Å²) in [6.45, 7) is 8.39. The van der Waals surface area contributed by atoms with E-state index in [0.29, 0.717) is 5.92 Å². The van der Waals surface area contributed by atoms with Crippen molar-refractivity contribution in [1.29, 1.82) is 0 Å². The van der Waals surface area contributed by atoms with Gasteiger partial charge in [0.05, 0.1) is 17.3 Å². The van der Waals surface area contributed by atoms with Crippen LogP contribution in [-0.4, -0.2) is 36.9 Å². The SMILES string of the molecule is CC1(C)O[C@](C)([C@H]2CC[C@@](C)(Br)[C@H](Cl)C2)[C@H](O)C[C@H]1Br. The molecule has 2 fully saturated rings. The molecule has 0 aromatic heterocycles. The van der Waals surface area contributed by atoms with Crippen molar-refractivity contribution in [3.8, 4) is 0 Å². The predicted octanol–water partition coefficient (Wildman–Crippen LogP) is 4.63. The van der Waals surface area contributed by atoms with Crippen molar-refractivity contribution in [3.05, 3.63) is 0 Å². The molecule has 2 rings (SSSR count). The van der Waals surface area contributed by atoms with Crippen LogP contribution in [0, 0.1) is 5.92 Å². The Hall–Kier alpha value is 1.17. The summed E-state index contributed by atoms with van der Waals surface area (Å²) < 4.78 is 6.37. The maximum atomic E-state index is 10.6. The van der Waals surface area contributed by atoms with Crippen molar-refractivity contribution in [2.75, 3.05) is 0 Å². The molecule has 20 heavy (non-hydrogen) atoms. The molecule has 0 amide bonds. The molecule has 1 heterocycles. The lowest BCUT2D eigenvalue weighted by Crippen LogP contribution is -2.62. The van der Waals surface area contributed by atoms with E-state index in [9.17, 15) is 5.11 Å². The van der Waals surface area contributed by atoms with Crippen molar-refractivity contribution < 1.29 is 9.84 Å². The van der Waals surface area contributed by atoms with Gasteiger partial charge in [-0.05, 0) is 59.3 Å². The van der Waals surface area contributed by atoms with Gasteiger partial charge in [0.25, 0.3) is 0 Å². The zero-order valence-electron chi connectivity index (χ0n) is 12.6. The van der Waals surface area contributed by atoms with Crippen LogP contribution in [0.4, 0.5) is 0 Å². The van der Waals surface area contributed by atoms with Crippen LogP contribution in [0.1, 0.15) is 53.4 Å². The smallest absolute Gasteiger partial charge is 0.0948 e. The molecule has 1 aliphatic heterocycles. The summed E-state index contributed by atoms with van der Waals surface area (Å²) in [5.41, 5.74) is -0.782. The Morgan fingerprint density at radius 3 is 2.35 bits per heavy atom. The first kappa shape index (κ1) is 17.5. The largest absolute Gasteiger partial charge is 0.390 e. The van der Waals surface area contributed by atoms with Gasteiger partial charge >= 0.3 is 0 Å². The standard InChI is InChI=1S/C15H25Br2ClO2/c1-13(2)10(16)8-12(19)15(4,20-13)9-5-6-14(3,17)11(18)7-9/h9-12,19H,5-8H2,1-4H3/t9-,10+,11+,12+,14+,15+/m0/s1. The van der Waals surface area contributed by atoms with Gasteiger partial charge in [-0.2, -0.15) is 0 Å². The fourth-order valence-corrected chi connectivity index (χ4v) is 4.70. The number of rotatable bonds is 1. The van der Waals surface area contributed by atoms with E-state index in [-0.39, 0.29) is 20.1 Å². The van der Waals surface area contributed by atoms with Crippen LogP contribution in [0.3, 0.4) is 0 Å². The maximum absolute atomic E-state index is 10.6. The van der Waals surface area contributed by atoms with Crippen molar-refractivity contribution in [1.82, 2.24) is 0 Å². The summed E-state index contributed by atoms with van der Waals surface area (Å²) in [5, 5.41) is 10.7. The third kappa shape index (κ3) is 3.10. The summed E-state index contributed by atoms with van der Waals surface area (Å²) in [6.07, 6.45) is 3.18. The molecule has 1 aliphatic carbocycles. The average Bonchev–Trinajstić information content (AvgIpc) is 2.30. The number of halogens is 3. The van der Waals surface area contributed by atoms with Gasteiger partial charge in [-0.15, -0.1) is 11.6 Å². The number of aliphatic hydroxyl groups excluding tert-OH is 1. The van der Waals surface area contributed by atoms with E-state index < -0.39 is 11.7 Å². The lowest BCUT2D eigenvalue weighted by atomic mass is 9.69. The first-order chi connectivity index (χ1) is 8.99. The fraction of sp³-hybridized carbons (Fsp3) is 1.00. The Balaban J connectivity index is 2.18. The molecule has 1 N–H and O–H groups in total. The second-order valence-corrected chi connectivity index (χ2v) is 10.8. The maximum Gasteiger partial charge on any atom is 0.0948 e. The Morgan fingerprint density at radius 2 is 1.80 bits per heavy atom. The van der Waals surface area contributed by atoms with Crippen molar-refractivity contribution in [3.63, 3.8) is 0 Å². The van der Waals surface area contributed by atoms with Crippen molar-refractivity contribution >= 4 is 43.5 Å². The van der Waals surface area contributed by atoms with E-state index in [4.69, 9.17) is 16.3 Å². The lowest BCUT2D eigenvalue weighted by Gasteiger charge is -2.54. The molecule has 0 spiro atoms. The van der Waals surface area contributed by atoms with Gasteiger partial charge in [-0.3, -0.25) is 0 Å². The van der Waals surface area contributed by atoms with E-state index in [1.54, 1.807) is 0 Å². The molecule has 6 atom stereocenters. The molecule has 0 unspecified atom stereocenters. The van der Waals surface area contributed by atoms with Gasteiger partial charge in [0.2, 0.25) is 0 Å². The van der Waals surface area contributed by atoms with E-state index in [0.717, 1.165) is 25.7 Å².